The highest BCUT2D eigenvalue weighted by Gasteiger charge is 2.28. The molecular weight excluding hydrogens is 465 g/mol. The molecule has 0 aliphatic carbocycles. The molecule has 1 aromatic carbocycles. The van der Waals surface area contributed by atoms with Gasteiger partial charge in [-0.3, -0.25) is 14.6 Å². The van der Waals surface area contributed by atoms with Crippen molar-refractivity contribution in [2.75, 3.05) is 20.2 Å². The number of fused-ring (bicyclic) bond motifs is 1. The van der Waals surface area contributed by atoms with Gasteiger partial charge in [0, 0.05) is 49.0 Å². The van der Waals surface area contributed by atoms with Crippen molar-refractivity contribution in [3.05, 3.63) is 92.4 Å². The van der Waals surface area contributed by atoms with Crippen LogP contribution in [0.5, 0.6) is 5.75 Å². The highest BCUT2D eigenvalue weighted by atomic mass is 35.5. The summed E-state index contributed by atoms with van der Waals surface area (Å²) < 4.78 is 26.4. The summed E-state index contributed by atoms with van der Waals surface area (Å²) in [6.07, 6.45) is 1.77. The van der Waals surface area contributed by atoms with E-state index in [1.165, 1.54) is 34.8 Å². The molecule has 0 unspecified atom stereocenters. The molecule has 4 rings (SSSR count). The molecule has 176 valence electrons. The van der Waals surface area contributed by atoms with Gasteiger partial charge in [-0.25, -0.2) is 9.18 Å². The lowest BCUT2D eigenvalue weighted by atomic mass is 10.1. The molecule has 1 amide bonds. The largest absolute Gasteiger partial charge is 0.486 e. The third-order valence-electron chi connectivity index (χ3n) is 5.53. The lowest BCUT2D eigenvalue weighted by Gasteiger charge is -2.20. The maximum absolute atomic E-state index is 14.3. The number of carbonyl (C=O) groups is 2. The van der Waals surface area contributed by atoms with Crippen molar-refractivity contribution in [1.29, 1.82) is 0 Å². The summed E-state index contributed by atoms with van der Waals surface area (Å²) >= 11 is 5.94. The van der Waals surface area contributed by atoms with E-state index in [9.17, 15) is 18.8 Å². The molecule has 0 N–H and O–H groups in total. The first-order chi connectivity index (χ1) is 16.4. The fourth-order valence-electron chi connectivity index (χ4n) is 3.86. The van der Waals surface area contributed by atoms with Gasteiger partial charge in [-0.1, -0.05) is 17.7 Å². The molecular formula is C24H21ClFN3O5. The second-order valence-electron chi connectivity index (χ2n) is 7.59. The standard InChI is InChI=1S/C24H21ClFN3O5/c1-33-24(32)22-19-7-9-28(23(31)17-12-15(25)5-6-18(17)26)10-11-29(19)21(30)13-20(22)34-14-16-4-2-3-8-27-16/h2-6,8,12-13H,7,9-11,14H2,1H3. The summed E-state index contributed by atoms with van der Waals surface area (Å²) in [7, 11) is 1.24. The number of benzene rings is 1. The fraction of sp³-hybridized carbons (Fsp3) is 0.250. The number of hydrogen-bond acceptors (Lipinski definition) is 6. The predicted molar refractivity (Wildman–Crippen MR) is 122 cm³/mol. The quantitative estimate of drug-likeness (QED) is 0.516. The second-order valence-corrected chi connectivity index (χ2v) is 8.02. The molecule has 0 atom stereocenters. The molecule has 0 spiro atoms. The summed E-state index contributed by atoms with van der Waals surface area (Å²) in [5, 5.41) is 0.238. The zero-order chi connectivity index (χ0) is 24.2. The zero-order valence-corrected chi connectivity index (χ0v) is 19.0. The van der Waals surface area contributed by atoms with Gasteiger partial charge in [-0.2, -0.15) is 0 Å². The van der Waals surface area contributed by atoms with Crippen molar-refractivity contribution >= 4 is 23.5 Å². The fourth-order valence-corrected chi connectivity index (χ4v) is 4.03. The molecule has 34 heavy (non-hydrogen) atoms. The Hall–Kier alpha value is -3.72. The molecule has 10 heteroatoms. The van der Waals surface area contributed by atoms with Crippen molar-refractivity contribution in [3.63, 3.8) is 0 Å². The van der Waals surface area contributed by atoms with Crippen LogP contribution >= 0.6 is 11.6 Å². The summed E-state index contributed by atoms with van der Waals surface area (Å²) in [6.45, 7) is 0.462. The minimum atomic E-state index is -0.686. The average Bonchev–Trinajstić information content (AvgIpc) is 3.07. The lowest BCUT2D eigenvalue weighted by molar-refractivity contribution is 0.0592. The number of pyridine rings is 2. The molecule has 2 aromatic heterocycles. The van der Waals surface area contributed by atoms with Crippen LogP contribution in [0, 0.1) is 5.82 Å². The minimum Gasteiger partial charge on any atom is -0.486 e. The van der Waals surface area contributed by atoms with Crippen LogP contribution in [-0.4, -0.2) is 46.5 Å². The van der Waals surface area contributed by atoms with Crippen molar-refractivity contribution in [2.45, 2.75) is 19.6 Å². The number of ether oxygens (including phenoxy) is 2. The number of hydrogen-bond donors (Lipinski definition) is 0. The van der Waals surface area contributed by atoms with Crippen LogP contribution < -0.4 is 10.3 Å². The number of halogens is 2. The van der Waals surface area contributed by atoms with Crippen LogP contribution in [0.15, 0.2) is 53.5 Å². The maximum Gasteiger partial charge on any atom is 0.343 e. The minimum absolute atomic E-state index is 0.0480. The SMILES string of the molecule is COC(=O)c1c(OCc2ccccn2)cc(=O)n2c1CCN(C(=O)c1cc(Cl)ccc1F)CC2. The second kappa shape index (κ2) is 10.0. The Morgan fingerprint density at radius 1 is 1.15 bits per heavy atom. The topological polar surface area (TPSA) is 90.7 Å². The third-order valence-corrected chi connectivity index (χ3v) is 5.77. The maximum atomic E-state index is 14.3. The number of methoxy groups -OCH3 is 1. The van der Waals surface area contributed by atoms with Gasteiger partial charge in [0.05, 0.1) is 18.4 Å². The molecule has 3 aromatic rings. The number of esters is 1. The number of nitrogens with zero attached hydrogens (tertiary/aromatic N) is 3. The van der Waals surface area contributed by atoms with E-state index < -0.39 is 17.7 Å². The van der Waals surface area contributed by atoms with Crippen molar-refractivity contribution < 1.29 is 23.5 Å². The van der Waals surface area contributed by atoms with E-state index in [0.717, 1.165) is 6.07 Å². The van der Waals surface area contributed by atoms with E-state index in [-0.39, 0.29) is 60.1 Å². The first kappa shape index (κ1) is 23.4. The average molecular weight is 486 g/mol. The molecule has 0 bridgehead atoms. The van der Waals surface area contributed by atoms with Gasteiger partial charge in [-0.15, -0.1) is 0 Å². The van der Waals surface area contributed by atoms with Gasteiger partial charge >= 0.3 is 5.97 Å². The van der Waals surface area contributed by atoms with E-state index in [1.807, 2.05) is 0 Å². The van der Waals surface area contributed by atoms with E-state index >= 15 is 0 Å². The number of rotatable bonds is 5. The Kier molecular flexibility index (Phi) is 6.93. The first-order valence-corrected chi connectivity index (χ1v) is 10.9. The van der Waals surface area contributed by atoms with Gasteiger partial charge in [0.25, 0.3) is 11.5 Å². The lowest BCUT2D eigenvalue weighted by Crippen LogP contribution is -2.34. The Labute approximate surface area is 199 Å². The van der Waals surface area contributed by atoms with Crippen LogP contribution in [-0.2, 0) is 24.3 Å². The highest BCUT2D eigenvalue weighted by Crippen LogP contribution is 2.25. The Bertz CT molecular complexity index is 1300. The summed E-state index contributed by atoms with van der Waals surface area (Å²) in [6, 6.07) is 10.3. The highest BCUT2D eigenvalue weighted by molar-refractivity contribution is 6.31. The Morgan fingerprint density at radius 3 is 2.71 bits per heavy atom. The van der Waals surface area contributed by atoms with Crippen LogP contribution in [0.3, 0.4) is 0 Å². The van der Waals surface area contributed by atoms with Gasteiger partial charge in [-0.05, 0) is 30.3 Å². The Balaban J connectivity index is 1.65. The summed E-state index contributed by atoms with van der Waals surface area (Å²) in [5.74, 6) is -1.82. The van der Waals surface area contributed by atoms with E-state index in [2.05, 4.69) is 4.98 Å². The number of carbonyl (C=O) groups excluding carboxylic acids is 2. The van der Waals surface area contributed by atoms with Crippen LogP contribution in [0.25, 0.3) is 0 Å². The van der Waals surface area contributed by atoms with E-state index in [1.54, 1.807) is 24.4 Å². The summed E-state index contributed by atoms with van der Waals surface area (Å²) in [4.78, 5) is 44.2. The molecule has 1 aliphatic heterocycles. The van der Waals surface area contributed by atoms with E-state index in [0.29, 0.717) is 11.4 Å². The number of amides is 1. The normalized spacial score (nSPS) is 13.1. The zero-order valence-electron chi connectivity index (χ0n) is 18.3. The van der Waals surface area contributed by atoms with Gasteiger partial charge < -0.3 is 18.9 Å². The molecule has 0 saturated carbocycles. The molecule has 0 saturated heterocycles. The molecule has 3 heterocycles. The third kappa shape index (κ3) is 4.79. The smallest absolute Gasteiger partial charge is 0.343 e. The first-order valence-electron chi connectivity index (χ1n) is 10.5. The van der Waals surface area contributed by atoms with Gasteiger partial charge in [0.15, 0.2) is 0 Å². The predicted octanol–water partition coefficient (Wildman–Crippen LogP) is 3.10. The molecule has 0 radical (unpaired) electrons. The molecule has 8 nitrogen and oxygen atoms in total. The monoisotopic (exact) mass is 485 g/mol. The van der Waals surface area contributed by atoms with Crippen molar-refractivity contribution in [2.24, 2.45) is 0 Å². The number of aromatic nitrogens is 2. The van der Waals surface area contributed by atoms with Gasteiger partial charge in [0.2, 0.25) is 0 Å². The van der Waals surface area contributed by atoms with E-state index in [4.69, 9.17) is 21.1 Å². The molecule has 0 fully saturated rings. The van der Waals surface area contributed by atoms with Crippen LogP contribution in [0.1, 0.15) is 32.1 Å². The van der Waals surface area contributed by atoms with Crippen LogP contribution in [0.4, 0.5) is 4.39 Å². The Morgan fingerprint density at radius 2 is 1.97 bits per heavy atom. The summed E-state index contributed by atoms with van der Waals surface area (Å²) in [5.41, 5.74) is 0.576. The van der Waals surface area contributed by atoms with Crippen molar-refractivity contribution in [3.8, 4) is 5.75 Å². The van der Waals surface area contributed by atoms with Crippen molar-refractivity contribution in [1.82, 2.24) is 14.5 Å². The molecule has 1 aliphatic rings. The van der Waals surface area contributed by atoms with Crippen LogP contribution in [0.2, 0.25) is 5.02 Å². The van der Waals surface area contributed by atoms with Gasteiger partial charge in [0.1, 0.15) is 23.7 Å².